The van der Waals surface area contributed by atoms with Gasteiger partial charge in [0.2, 0.25) is 0 Å². The molecule has 0 atom stereocenters. The lowest BCUT2D eigenvalue weighted by atomic mass is 9.99. The van der Waals surface area contributed by atoms with Gasteiger partial charge in [-0.1, -0.05) is 0 Å². The molecule has 0 radical (unpaired) electrons. The summed E-state index contributed by atoms with van der Waals surface area (Å²) >= 11 is 0. The van der Waals surface area contributed by atoms with Gasteiger partial charge in [-0.2, -0.15) is 5.26 Å². The molecule has 1 saturated heterocycles. The predicted molar refractivity (Wildman–Crippen MR) is 59.0 cm³/mol. The van der Waals surface area contributed by atoms with Crippen LogP contribution >= 0.6 is 0 Å². The highest BCUT2D eigenvalue weighted by Gasteiger charge is 2.20. The van der Waals surface area contributed by atoms with E-state index in [-0.39, 0.29) is 11.8 Å². The summed E-state index contributed by atoms with van der Waals surface area (Å²) in [5.74, 6) is 0.538. The molecule has 0 saturated carbocycles. The second-order valence-corrected chi connectivity index (χ2v) is 4.18. The van der Waals surface area contributed by atoms with Gasteiger partial charge in [0.15, 0.2) is 0 Å². The Morgan fingerprint density at radius 3 is 2.76 bits per heavy atom. The zero-order valence-corrected chi connectivity index (χ0v) is 9.33. The molecule has 0 N–H and O–H groups in total. The Kier molecular flexibility index (Phi) is 3.40. The highest BCUT2D eigenvalue weighted by atomic mass is 16.6. The molecule has 1 aromatic heterocycles. The van der Waals surface area contributed by atoms with Gasteiger partial charge in [-0.3, -0.25) is 15.0 Å². The summed E-state index contributed by atoms with van der Waals surface area (Å²) < 4.78 is 5.10. The summed E-state index contributed by atoms with van der Waals surface area (Å²) in [6.45, 7) is 2.26. The molecular formula is C11H13N3O3. The first-order valence-electron chi connectivity index (χ1n) is 5.54. The molecule has 17 heavy (non-hydrogen) atoms. The van der Waals surface area contributed by atoms with E-state index < -0.39 is 4.92 Å². The molecule has 0 bridgehead atoms. The maximum absolute atomic E-state index is 10.5. The van der Waals surface area contributed by atoms with E-state index in [1.807, 2.05) is 0 Å². The number of nitro groups is 1. The zero-order chi connectivity index (χ0) is 12.3. The van der Waals surface area contributed by atoms with Crippen molar-refractivity contribution in [2.45, 2.75) is 19.4 Å². The number of hydrogen-bond acceptors (Lipinski definition) is 5. The van der Waals surface area contributed by atoms with Crippen LogP contribution in [0.5, 0.6) is 0 Å². The van der Waals surface area contributed by atoms with Crippen LogP contribution in [0.3, 0.4) is 0 Å². The Hall–Kier alpha value is -1.87. The molecule has 90 valence electrons. The predicted octanol–water partition coefficient (Wildman–Crippen LogP) is 1.92. The van der Waals surface area contributed by atoms with Crippen molar-refractivity contribution in [3.63, 3.8) is 0 Å². The summed E-state index contributed by atoms with van der Waals surface area (Å²) in [5, 5.41) is 19.2. The van der Waals surface area contributed by atoms with Crippen LogP contribution in [0.2, 0.25) is 0 Å². The molecule has 1 aromatic rings. The third kappa shape index (κ3) is 2.82. The van der Waals surface area contributed by atoms with Gasteiger partial charge < -0.3 is 4.42 Å². The first-order chi connectivity index (χ1) is 8.19. The van der Waals surface area contributed by atoms with E-state index in [1.54, 1.807) is 6.07 Å². The lowest BCUT2D eigenvalue weighted by Crippen LogP contribution is -2.32. The number of likely N-dealkylation sites (tertiary alicyclic amines) is 1. The van der Waals surface area contributed by atoms with Gasteiger partial charge in [-0.25, -0.2) is 0 Å². The quantitative estimate of drug-likeness (QED) is 0.590. The van der Waals surface area contributed by atoms with Crippen molar-refractivity contribution in [3.05, 3.63) is 28.0 Å². The lowest BCUT2D eigenvalue weighted by Gasteiger charge is -2.27. The van der Waals surface area contributed by atoms with Crippen LogP contribution in [0.4, 0.5) is 5.88 Å². The van der Waals surface area contributed by atoms with E-state index >= 15 is 0 Å². The summed E-state index contributed by atoms with van der Waals surface area (Å²) in [6.07, 6.45) is 1.72. The average Bonchev–Trinajstić information content (AvgIpc) is 2.79. The largest absolute Gasteiger partial charge is 0.433 e. The monoisotopic (exact) mass is 235 g/mol. The molecule has 0 unspecified atom stereocenters. The number of piperidine rings is 1. The topological polar surface area (TPSA) is 83.3 Å². The number of nitrogens with zero attached hydrogens (tertiary/aromatic N) is 3. The Morgan fingerprint density at radius 1 is 1.53 bits per heavy atom. The summed E-state index contributed by atoms with van der Waals surface area (Å²) in [5.41, 5.74) is 0. The van der Waals surface area contributed by atoms with Crippen LogP contribution in [-0.4, -0.2) is 22.9 Å². The van der Waals surface area contributed by atoms with Crippen molar-refractivity contribution in [2.75, 3.05) is 13.1 Å². The maximum atomic E-state index is 10.5. The Morgan fingerprint density at radius 2 is 2.24 bits per heavy atom. The van der Waals surface area contributed by atoms with Gasteiger partial charge in [0.25, 0.3) is 0 Å². The SMILES string of the molecule is N#CC1CCN(Cc2ccc([N+](=O)[O-])o2)CC1. The highest BCUT2D eigenvalue weighted by molar-refractivity contribution is 5.17. The zero-order valence-electron chi connectivity index (χ0n) is 9.33. The molecule has 1 aliphatic heterocycles. The Bertz CT molecular complexity index is 441. The molecule has 0 amide bonds. The van der Waals surface area contributed by atoms with Gasteiger partial charge in [-0.05, 0) is 32.0 Å². The van der Waals surface area contributed by atoms with E-state index in [0.29, 0.717) is 12.3 Å². The van der Waals surface area contributed by atoms with Gasteiger partial charge in [-0.15, -0.1) is 0 Å². The fourth-order valence-corrected chi connectivity index (χ4v) is 1.99. The number of nitriles is 1. The molecule has 0 spiro atoms. The molecule has 0 aromatic carbocycles. The molecule has 6 heteroatoms. The maximum Gasteiger partial charge on any atom is 0.433 e. The van der Waals surface area contributed by atoms with E-state index in [2.05, 4.69) is 11.0 Å². The van der Waals surface area contributed by atoms with Gasteiger partial charge >= 0.3 is 5.88 Å². The molecule has 6 nitrogen and oxygen atoms in total. The minimum Gasteiger partial charge on any atom is -0.404 e. The minimum absolute atomic E-state index is 0.150. The van der Waals surface area contributed by atoms with Crippen LogP contribution in [0.1, 0.15) is 18.6 Å². The van der Waals surface area contributed by atoms with Crippen molar-refractivity contribution < 1.29 is 9.34 Å². The van der Waals surface area contributed by atoms with E-state index in [1.165, 1.54) is 6.07 Å². The number of hydrogen-bond donors (Lipinski definition) is 0. The van der Waals surface area contributed by atoms with Crippen LogP contribution in [0.25, 0.3) is 0 Å². The van der Waals surface area contributed by atoms with Gasteiger partial charge in [0, 0.05) is 5.92 Å². The van der Waals surface area contributed by atoms with Crippen LogP contribution in [0, 0.1) is 27.4 Å². The van der Waals surface area contributed by atoms with E-state index in [0.717, 1.165) is 25.9 Å². The molecule has 1 aliphatic rings. The van der Waals surface area contributed by atoms with Crippen LogP contribution in [0.15, 0.2) is 16.5 Å². The van der Waals surface area contributed by atoms with Crippen LogP contribution in [-0.2, 0) is 6.54 Å². The van der Waals surface area contributed by atoms with Crippen molar-refractivity contribution in [1.82, 2.24) is 4.90 Å². The third-order valence-corrected chi connectivity index (χ3v) is 2.98. The molecule has 1 fully saturated rings. The van der Waals surface area contributed by atoms with Gasteiger partial charge in [0.05, 0.1) is 18.7 Å². The summed E-state index contributed by atoms with van der Waals surface area (Å²) in [6, 6.07) is 5.27. The number of rotatable bonds is 3. The average molecular weight is 235 g/mol. The van der Waals surface area contributed by atoms with Crippen molar-refractivity contribution in [1.29, 1.82) is 5.26 Å². The summed E-state index contributed by atoms with van der Waals surface area (Å²) in [7, 11) is 0. The third-order valence-electron chi connectivity index (χ3n) is 2.98. The van der Waals surface area contributed by atoms with Crippen molar-refractivity contribution in [3.8, 4) is 6.07 Å². The lowest BCUT2D eigenvalue weighted by molar-refractivity contribution is -0.402. The van der Waals surface area contributed by atoms with Crippen LogP contribution < -0.4 is 0 Å². The minimum atomic E-state index is -0.536. The fraction of sp³-hybridized carbons (Fsp3) is 0.545. The highest BCUT2D eigenvalue weighted by Crippen LogP contribution is 2.21. The Labute approximate surface area is 98.6 Å². The second kappa shape index (κ2) is 4.97. The number of furan rings is 1. The molecular weight excluding hydrogens is 222 g/mol. The van der Waals surface area contributed by atoms with E-state index in [4.69, 9.17) is 9.68 Å². The molecule has 2 rings (SSSR count). The molecule has 2 heterocycles. The van der Waals surface area contributed by atoms with Crippen molar-refractivity contribution in [2.24, 2.45) is 5.92 Å². The molecule has 0 aliphatic carbocycles. The van der Waals surface area contributed by atoms with Gasteiger partial charge in [0.1, 0.15) is 10.7 Å². The fourth-order valence-electron chi connectivity index (χ4n) is 1.99. The van der Waals surface area contributed by atoms with Crippen molar-refractivity contribution >= 4 is 5.88 Å². The Balaban J connectivity index is 1.89. The summed E-state index contributed by atoms with van der Waals surface area (Å²) in [4.78, 5) is 12.1. The first kappa shape index (κ1) is 11.6. The van der Waals surface area contributed by atoms with E-state index in [9.17, 15) is 10.1 Å². The standard InChI is InChI=1S/C11H13N3O3/c12-7-9-3-5-13(6-4-9)8-10-1-2-11(17-10)14(15)16/h1-2,9H,3-6,8H2. The smallest absolute Gasteiger partial charge is 0.404 e. The second-order valence-electron chi connectivity index (χ2n) is 4.18. The normalized spacial score (nSPS) is 17.8. The first-order valence-corrected chi connectivity index (χ1v) is 5.54.